The number of pyridine rings is 1. The summed E-state index contributed by atoms with van der Waals surface area (Å²) in [5, 5.41) is 4.55. The Hall–Kier alpha value is -2.73. The van der Waals surface area contributed by atoms with E-state index >= 15 is 0 Å². The molecular formula is C23H30N6. The minimum atomic E-state index is 0.663. The van der Waals surface area contributed by atoms with E-state index in [1.54, 1.807) is 6.33 Å². The van der Waals surface area contributed by atoms with Crippen LogP contribution in [0.4, 0.5) is 11.6 Å². The van der Waals surface area contributed by atoms with E-state index < -0.39 is 0 Å². The molecule has 0 aliphatic carbocycles. The van der Waals surface area contributed by atoms with Gasteiger partial charge in [-0.2, -0.15) is 0 Å². The highest BCUT2D eigenvalue weighted by atomic mass is 15.3. The topological polar surface area (TPSA) is 57.2 Å². The molecule has 0 amide bonds. The molecule has 1 aliphatic heterocycles. The van der Waals surface area contributed by atoms with E-state index in [-0.39, 0.29) is 0 Å². The van der Waals surface area contributed by atoms with Gasteiger partial charge in [0, 0.05) is 44.3 Å². The summed E-state index contributed by atoms with van der Waals surface area (Å²) >= 11 is 0. The molecule has 6 nitrogen and oxygen atoms in total. The third-order valence-corrected chi connectivity index (χ3v) is 5.56. The molecule has 0 saturated carbocycles. The van der Waals surface area contributed by atoms with E-state index in [1.165, 1.54) is 5.56 Å². The number of benzene rings is 1. The van der Waals surface area contributed by atoms with Gasteiger partial charge in [-0.05, 0) is 54.8 Å². The number of anilines is 2. The SMILES string of the molecule is CC(C)CCNc1ncnc2ccc(-c3ccnc(N4CCN(C)CC4)c3)cc12. The average molecular weight is 391 g/mol. The van der Waals surface area contributed by atoms with Crippen molar-refractivity contribution in [2.75, 3.05) is 50.0 Å². The van der Waals surface area contributed by atoms with Gasteiger partial charge in [-0.3, -0.25) is 0 Å². The minimum absolute atomic E-state index is 0.663. The van der Waals surface area contributed by atoms with Gasteiger partial charge in [0.15, 0.2) is 0 Å². The summed E-state index contributed by atoms with van der Waals surface area (Å²) in [7, 11) is 2.17. The molecule has 1 aliphatic rings. The normalized spacial score (nSPS) is 15.2. The van der Waals surface area contributed by atoms with Crippen LogP contribution in [0.2, 0.25) is 0 Å². The van der Waals surface area contributed by atoms with Crippen molar-refractivity contribution in [3.63, 3.8) is 0 Å². The van der Waals surface area contributed by atoms with Gasteiger partial charge in [0.2, 0.25) is 0 Å². The first-order chi connectivity index (χ1) is 14.1. The summed E-state index contributed by atoms with van der Waals surface area (Å²) < 4.78 is 0. The number of rotatable bonds is 6. The molecule has 4 rings (SSSR count). The number of hydrogen-bond donors (Lipinski definition) is 1. The summed E-state index contributed by atoms with van der Waals surface area (Å²) in [6.07, 6.45) is 4.66. The molecule has 1 saturated heterocycles. The largest absolute Gasteiger partial charge is 0.369 e. The second-order valence-electron chi connectivity index (χ2n) is 8.26. The molecule has 0 unspecified atom stereocenters. The molecule has 29 heavy (non-hydrogen) atoms. The molecule has 0 radical (unpaired) electrons. The first-order valence-electron chi connectivity index (χ1n) is 10.5. The van der Waals surface area contributed by atoms with Crippen LogP contribution in [0.3, 0.4) is 0 Å². The fourth-order valence-electron chi connectivity index (χ4n) is 3.66. The zero-order chi connectivity index (χ0) is 20.2. The van der Waals surface area contributed by atoms with Crippen molar-refractivity contribution in [1.82, 2.24) is 19.9 Å². The van der Waals surface area contributed by atoms with Gasteiger partial charge in [-0.15, -0.1) is 0 Å². The van der Waals surface area contributed by atoms with E-state index in [1.807, 2.05) is 6.20 Å². The van der Waals surface area contributed by atoms with E-state index in [4.69, 9.17) is 0 Å². The van der Waals surface area contributed by atoms with Crippen LogP contribution >= 0.6 is 0 Å². The molecule has 2 aromatic heterocycles. The molecule has 1 aromatic carbocycles. The van der Waals surface area contributed by atoms with Crippen LogP contribution in [0.15, 0.2) is 42.9 Å². The van der Waals surface area contributed by atoms with Crippen LogP contribution in [0.25, 0.3) is 22.0 Å². The van der Waals surface area contributed by atoms with Crippen molar-refractivity contribution in [3.05, 3.63) is 42.9 Å². The third-order valence-electron chi connectivity index (χ3n) is 5.56. The highest BCUT2D eigenvalue weighted by Crippen LogP contribution is 2.28. The monoisotopic (exact) mass is 390 g/mol. The first-order valence-corrected chi connectivity index (χ1v) is 10.5. The Bertz CT molecular complexity index is 962. The number of likely N-dealkylation sites (N-methyl/N-ethyl adjacent to an activating group) is 1. The molecule has 1 N–H and O–H groups in total. The minimum Gasteiger partial charge on any atom is -0.369 e. The second-order valence-corrected chi connectivity index (χ2v) is 8.26. The van der Waals surface area contributed by atoms with Crippen molar-refractivity contribution >= 4 is 22.5 Å². The number of hydrogen-bond acceptors (Lipinski definition) is 6. The highest BCUT2D eigenvalue weighted by Gasteiger charge is 2.16. The summed E-state index contributed by atoms with van der Waals surface area (Å²) in [5.41, 5.74) is 3.30. The molecule has 3 aromatic rings. The molecular weight excluding hydrogens is 360 g/mol. The van der Waals surface area contributed by atoms with Gasteiger partial charge in [0.25, 0.3) is 0 Å². The van der Waals surface area contributed by atoms with E-state index in [2.05, 4.69) is 81.3 Å². The lowest BCUT2D eigenvalue weighted by Gasteiger charge is -2.33. The van der Waals surface area contributed by atoms with Crippen molar-refractivity contribution in [2.24, 2.45) is 5.92 Å². The third kappa shape index (κ3) is 4.65. The highest BCUT2D eigenvalue weighted by molar-refractivity contribution is 5.92. The van der Waals surface area contributed by atoms with E-state index in [0.29, 0.717) is 5.92 Å². The quantitative estimate of drug-likeness (QED) is 0.689. The summed E-state index contributed by atoms with van der Waals surface area (Å²) in [5.74, 6) is 2.62. The van der Waals surface area contributed by atoms with Gasteiger partial charge in [0.1, 0.15) is 18.0 Å². The smallest absolute Gasteiger partial charge is 0.137 e. The van der Waals surface area contributed by atoms with Crippen LogP contribution in [0.5, 0.6) is 0 Å². The zero-order valence-corrected chi connectivity index (χ0v) is 17.6. The molecule has 3 heterocycles. The van der Waals surface area contributed by atoms with Gasteiger partial charge in [-0.1, -0.05) is 19.9 Å². The van der Waals surface area contributed by atoms with Gasteiger partial charge in [-0.25, -0.2) is 15.0 Å². The predicted molar refractivity (Wildman–Crippen MR) is 120 cm³/mol. The Morgan fingerprint density at radius 3 is 2.55 bits per heavy atom. The van der Waals surface area contributed by atoms with Crippen LogP contribution in [0.1, 0.15) is 20.3 Å². The fraction of sp³-hybridized carbons (Fsp3) is 0.435. The van der Waals surface area contributed by atoms with Crippen LogP contribution in [-0.4, -0.2) is 59.6 Å². The molecule has 152 valence electrons. The number of nitrogens with one attached hydrogen (secondary N) is 1. The van der Waals surface area contributed by atoms with Crippen molar-refractivity contribution in [2.45, 2.75) is 20.3 Å². The zero-order valence-electron chi connectivity index (χ0n) is 17.6. The second kappa shape index (κ2) is 8.74. The maximum Gasteiger partial charge on any atom is 0.137 e. The van der Waals surface area contributed by atoms with Gasteiger partial charge >= 0.3 is 0 Å². The first kappa shape index (κ1) is 19.6. The number of piperazine rings is 1. The Balaban J connectivity index is 1.61. The Kier molecular flexibility index (Phi) is 5.90. The number of nitrogens with zero attached hydrogens (tertiary/aromatic N) is 5. The average Bonchev–Trinajstić information content (AvgIpc) is 2.74. The molecule has 0 spiro atoms. The van der Waals surface area contributed by atoms with Crippen molar-refractivity contribution < 1.29 is 0 Å². The molecule has 1 fully saturated rings. The van der Waals surface area contributed by atoms with Crippen LogP contribution in [-0.2, 0) is 0 Å². The maximum atomic E-state index is 4.62. The lowest BCUT2D eigenvalue weighted by molar-refractivity contribution is 0.312. The number of fused-ring (bicyclic) bond motifs is 1. The lowest BCUT2D eigenvalue weighted by atomic mass is 10.0. The van der Waals surface area contributed by atoms with E-state index in [9.17, 15) is 0 Å². The Labute approximate surface area is 173 Å². The van der Waals surface area contributed by atoms with Gasteiger partial charge < -0.3 is 15.1 Å². The van der Waals surface area contributed by atoms with Crippen LogP contribution in [0, 0.1) is 5.92 Å². The molecule has 6 heteroatoms. The maximum absolute atomic E-state index is 4.62. The van der Waals surface area contributed by atoms with Crippen molar-refractivity contribution in [1.29, 1.82) is 0 Å². The standard InChI is InChI=1S/C23H30N6/c1-17(2)6-8-25-23-20-14-18(4-5-21(20)26-16-27-23)19-7-9-24-22(15-19)29-12-10-28(3)11-13-29/h4-5,7,9,14-17H,6,8,10-13H2,1-3H3,(H,25,26,27). The lowest BCUT2D eigenvalue weighted by Crippen LogP contribution is -2.44. The summed E-state index contributed by atoms with van der Waals surface area (Å²) in [6, 6.07) is 10.7. The predicted octanol–water partition coefficient (Wildman–Crippen LogP) is 3.90. The molecule has 0 atom stereocenters. The van der Waals surface area contributed by atoms with Crippen molar-refractivity contribution in [3.8, 4) is 11.1 Å². The van der Waals surface area contributed by atoms with E-state index in [0.717, 1.165) is 67.2 Å². The summed E-state index contributed by atoms with van der Waals surface area (Å²) in [6.45, 7) is 9.56. The Morgan fingerprint density at radius 1 is 0.966 bits per heavy atom. The Morgan fingerprint density at radius 2 is 1.76 bits per heavy atom. The fourth-order valence-corrected chi connectivity index (χ4v) is 3.66. The van der Waals surface area contributed by atoms with Gasteiger partial charge in [0.05, 0.1) is 5.52 Å². The number of aromatic nitrogens is 3. The molecule has 0 bridgehead atoms. The summed E-state index contributed by atoms with van der Waals surface area (Å²) in [4.78, 5) is 18.3. The van der Waals surface area contributed by atoms with Crippen LogP contribution < -0.4 is 10.2 Å².